The Labute approximate surface area is 189 Å². The molecule has 3 aromatic rings. The van der Waals surface area contributed by atoms with Crippen LogP contribution in [0.1, 0.15) is 19.4 Å². The van der Waals surface area contributed by atoms with Gasteiger partial charge in [0.05, 0.1) is 15.1 Å². The van der Waals surface area contributed by atoms with E-state index in [1.165, 1.54) is 29.5 Å². The van der Waals surface area contributed by atoms with Crippen molar-refractivity contribution in [3.63, 3.8) is 0 Å². The second-order valence-corrected chi connectivity index (χ2v) is 8.25. The van der Waals surface area contributed by atoms with E-state index in [-0.39, 0.29) is 11.6 Å². The molecule has 0 aliphatic carbocycles. The lowest BCUT2D eigenvalue weighted by atomic mass is 10.2. The third-order valence-electron chi connectivity index (χ3n) is 4.89. The first-order valence-corrected chi connectivity index (χ1v) is 11.1. The third kappa shape index (κ3) is 5.88. The molecule has 162 valence electrons. The molecule has 0 atom stereocenters. The number of thiazole rings is 1. The topological polar surface area (TPSA) is 79.6 Å². The number of fused-ring (bicyclic) bond motifs is 1. The van der Waals surface area contributed by atoms with Gasteiger partial charge in [-0.05, 0) is 55.1 Å². The van der Waals surface area contributed by atoms with Crippen LogP contribution in [0.5, 0.6) is 0 Å². The van der Waals surface area contributed by atoms with Crippen molar-refractivity contribution in [2.24, 2.45) is 0 Å². The van der Waals surface area contributed by atoms with Gasteiger partial charge in [0.2, 0.25) is 0 Å². The van der Waals surface area contributed by atoms with Gasteiger partial charge in [-0.2, -0.15) is 0 Å². The van der Waals surface area contributed by atoms with Gasteiger partial charge in [-0.25, -0.2) is 4.98 Å². The second-order valence-electron chi connectivity index (χ2n) is 6.81. The van der Waals surface area contributed by atoms with Crippen LogP contribution in [-0.4, -0.2) is 46.9 Å². The first kappa shape index (κ1) is 22.9. The zero-order valence-electron chi connectivity index (χ0n) is 17.3. The molecule has 0 saturated heterocycles. The molecule has 1 heterocycles. The summed E-state index contributed by atoms with van der Waals surface area (Å²) in [5, 5.41) is 12.0. The predicted octanol–water partition coefficient (Wildman–Crippen LogP) is 5.25. The summed E-state index contributed by atoms with van der Waals surface area (Å²) in [6.07, 6.45) is 3.13. The predicted molar refractivity (Wildman–Crippen MR) is 127 cm³/mol. The van der Waals surface area contributed by atoms with E-state index >= 15 is 0 Å². The van der Waals surface area contributed by atoms with Crippen LogP contribution in [0.2, 0.25) is 5.02 Å². The molecule has 0 radical (unpaired) electrons. The minimum absolute atomic E-state index is 0.0115. The lowest BCUT2D eigenvalue weighted by molar-refractivity contribution is -0.384. The summed E-state index contributed by atoms with van der Waals surface area (Å²) >= 11 is 7.52. The molecule has 9 heteroatoms. The Bertz CT molecular complexity index is 1090. The summed E-state index contributed by atoms with van der Waals surface area (Å²) in [5.41, 5.74) is 1.51. The van der Waals surface area contributed by atoms with Gasteiger partial charge in [0.1, 0.15) is 0 Å². The molecule has 31 heavy (non-hydrogen) atoms. The molecular weight excluding hydrogens is 436 g/mol. The average molecular weight is 459 g/mol. The van der Waals surface area contributed by atoms with Crippen LogP contribution in [0.15, 0.2) is 48.5 Å². The number of hydrogen-bond acceptors (Lipinski definition) is 6. The highest BCUT2D eigenvalue weighted by Crippen LogP contribution is 2.31. The summed E-state index contributed by atoms with van der Waals surface area (Å²) in [4.78, 5) is 32.0. The first-order chi connectivity index (χ1) is 14.9. The lowest BCUT2D eigenvalue weighted by Gasteiger charge is -2.23. The minimum atomic E-state index is -0.451. The van der Waals surface area contributed by atoms with Crippen LogP contribution >= 0.6 is 22.9 Å². The van der Waals surface area contributed by atoms with Crippen molar-refractivity contribution in [1.82, 2.24) is 9.88 Å². The zero-order valence-corrected chi connectivity index (χ0v) is 18.9. The Kier molecular flexibility index (Phi) is 7.73. The number of likely N-dealkylation sites (N-methyl/N-ethyl adjacent to an activating group) is 1. The molecule has 1 amide bonds. The quantitative estimate of drug-likeness (QED) is 0.248. The Hall–Kier alpha value is -2.81. The molecule has 0 saturated carbocycles. The maximum absolute atomic E-state index is 13.1. The number of amides is 1. The van der Waals surface area contributed by atoms with Gasteiger partial charge in [0.25, 0.3) is 11.6 Å². The van der Waals surface area contributed by atoms with Gasteiger partial charge in [-0.3, -0.25) is 19.8 Å². The number of benzene rings is 2. The van der Waals surface area contributed by atoms with Crippen molar-refractivity contribution in [2.75, 3.05) is 31.1 Å². The maximum atomic E-state index is 13.1. The Morgan fingerprint density at radius 2 is 1.87 bits per heavy atom. The second kappa shape index (κ2) is 10.5. The SMILES string of the molecule is CCN(CC)CCN(C(=O)/C=C\c1ccc([N+](=O)[O-])cc1)c1nc2ccc(Cl)cc2s1. The van der Waals surface area contributed by atoms with Gasteiger partial charge in [0.15, 0.2) is 5.13 Å². The summed E-state index contributed by atoms with van der Waals surface area (Å²) in [6, 6.07) is 11.5. The van der Waals surface area contributed by atoms with Gasteiger partial charge in [-0.15, -0.1) is 0 Å². The van der Waals surface area contributed by atoms with E-state index in [2.05, 4.69) is 23.7 Å². The van der Waals surface area contributed by atoms with Crippen molar-refractivity contribution >= 4 is 56.0 Å². The number of rotatable bonds is 9. The van der Waals surface area contributed by atoms with Crippen LogP contribution in [0, 0.1) is 10.1 Å². The normalized spacial score (nSPS) is 11.5. The Balaban J connectivity index is 1.84. The zero-order chi connectivity index (χ0) is 22.4. The lowest BCUT2D eigenvalue weighted by Crippen LogP contribution is -2.38. The van der Waals surface area contributed by atoms with Crippen molar-refractivity contribution < 1.29 is 9.72 Å². The molecule has 1 aromatic heterocycles. The standard InChI is InChI=1S/C22H23ClN4O3S/c1-3-25(4-2)13-14-26(22-24-19-11-8-17(23)15-20(19)31-22)21(28)12-7-16-5-9-18(10-6-16)27(29)30/h5-12,15H,3-4,13-14H2,1-2H3/b12-7-. The van der Waals surface area contributed by atoms with Crippen LogP contribution in [-0.2, 0) is 4.79 Å². The van der Waals surface area contributed by atoms with Crippen LogP contribution in [0.4, 0.5) is 10.8 Å². The fourth-order valence-electron chi connectivity index (χ4n) is 3.05. The number of carbonyl (C=O) groups excluding carboxylic acids is 1. The van der Waals surface area contributed by atoms with Gasteiger partial charge >= 0.3 is 0 Å². The largest absolute Gasteiger partial charge is 0.302 e. The molecule has 0 spiro atoms. The molecule has 0 unspecified atom stereocenters. The number of aromatic nitrogens is 1. The van der Waals surface area contributed by atoms with E-state index < -0.39 is 4.92 Å². The fourth-order valence-corrected chi connectivity index (χ4v) is 4.32. The van der Waals surface area contributed by atoms with Gasteiger partial charge in [0, 0.05) is 36.3 Å². The molecular formula is C22H23ClN4O3S. The van der Waals surface area contributed by atoms with Crippen LogP contribution < -0.4 is 4.90 Å². The molecule has 7 nitrogen and oxygen atoms in total. The van der Waals surface area contributed by atoms with Crippen molar-refractivity contribution in [3.8, 4) is 0 Å². The fraction of sp³-hybridized carbons (Fsp3) is 0.273. The first-order valence-electron chi connectivity index (χ1n) is 9.93. The number of nitro benzene ring substituents is 1. The van der Waals surface area contributed by atoms with Crippen molar-refractivity contribution in [2.45, 2.75) is 13.8 Å². The monoisotopic (exact) mass is 458 g/mol. The van der Waals surface area contributed by atoms with Crippen LogP contribution in [0.25, 0.3) is 16.3 Å². The number of carbonyl (C=O) groups is 1. The van der Waals surface area contributed by atoms with E-state index in [4.69, 9.17) is 11.6 Å². The van der Waals surface area contributed by atoms with Gasteiger partial charge in [-0.1, -0.05) is 36.8 Å². The number of non-ortho nitro benzene ring substituents is 1. The summed E-state index contributed by atoms with van der Waals surface area (Å²) in [5.74, 6) is -0.198. The van der Waals surface area contributed by atoms with Crippen molar-refractivity contribution in [1.29, 1.82) is 0 Å². The highest BCUT2D eigenvalue weighted by atomic mass is 35.5. The summed E-state index contributed by atoms with van der Waals surface area (Å²) in [6.45, 7) is 7.19. The number of anilines is 1. The van der Waals surface area contributed by atoms with Crippen LogP contribution in [0.3, 0.4) is 0 Å². The van der Waals surface area contributed by atoms with E-state index in [9.17, 15) is 14.9 Å². The minimum Gasteiger partial charge on any atom is -0.302 e. The molecule has 0 bridgehead atoms. The number of hydrogen-bond donors (Lipinski definition) is 0. The molecule has 0 N–H and O–H groups in total. The Morgan fingerprint density at radius 3 is 2.52 bits per heavy atom. The van der Waals surface area contributed by atoms with E-state index in [0.29, 0.717) is 22.3 Å². The van der Waals surface area contributed by atoms with E-state index in [0.717, 1.165) is 29.9 Å². The molecule has 2 aromatic carbocycles. The van der Waals surface area contributed by atoms with E-state index in [1.807, 2.05) is 12.1 Å². The number of nitro groups is 1. The average Bonchev–Trinajstić information content (AvgIpc) is 3.18. The molecule has 0 aliphatic rings. The highest BCUT2D eigenvalue weighted by Gasteiger charge is 2.19. The number of nitrogens with zero attached hydrogens (tertiary/aromatic N) is 4. The summed E-state index contributed by atoms with van der Waals surface area (Å²) < 4.78 is 0.919. The van der Waals surface area contributed by atoms with Gasteiger partial charge < -0.3 is 4.90 Å². The maximum Gasteiger partial charge on any atom is 0.269 e. The Morgan fingerprint density at radius 1 is 1.16 bits per heavy atom. The van der Waals surface area contributed by atoms with E-state index in [1.54, 1.807) is 29.2 Å². The summed E-state index contributed by atoms with van der Waals surface area (Å²) in [7, 11) is 0. The van der Waals surface area contributed by atoms with Crippen molar-refractivity contribution in [3.05, 3.63) is 69.2 Å². The highest BCUT2D eigenvalue weighted by molar-refractivity contribution is 7.22. The number of halogens is 1. The third-order valence-corrected chi connectivity index (χ3v) is 6.17. The molecule has 0 fully saturated rings. The molecule has 3 rings (SSSR count). The molecule has 0 aliphatic heterocycles. The smallest absolute Gasteiger partial charge is 0.269 e.